The number of epoxide rings is 2. The molecule has 0 radical (unpaired) electrons. The lowest BCUT2D eigenvalue weighted by Crippen LogP contribution is -2.72. The third-order valence-corrected chi connectivity index (χ3v) is 12.8. The van der Waals surface area contributed by atoms with Gasteiger partial charge in [0.1, 0.15) is 17.3 Å². The molecule has 0 aromatic carbocycles. The van der Waals surface area contributed by atoms with Gasteiger partial charge in [-0.2, -0.15) is 0 Å². The van der Waals surface area contributed by atoms with Gasteiger partial charge >= 0.3 is 5.97 Å². The van der Waals surface area contributed by atoms with Gasteiger partial charge in [0.15, 0.2) is 0 Å². The second-order valence-corrected chi connectivity index (χ2v) is 14.5. The number of carbonyl (C=O) groups is 1. The van der Waals surface area contributed by atoms with Crippen LogP contribution < -0.4 is 0 Å². The van der Waals surface area contributed by atoms with Gasteiger partial charge in [0, 0.05) is 25.2 Å². The van der Waals surface area contributed by atoms with Crippen molar-refractivity contribution in [1.82, 2.24) is 0 Å². The highest BCUT2D eigenvalue weighted by molar-refractivity contribution is 5.66. The van der Waals surface area contributed by atoms with Crippen molar-refractivity contribution >= 4 is 5.97 Å². The molecule has 2 saturated heterocycles. The summed E-state index contributed by atoms with van der Waals surface area (Å²) >= 11 is 0. The Bertz CT molecular complexity index is 903. The molecule has 0 amide bonds. The van der Waals surface area contributed by atoms with Gasteiger partial charge in [-0.25, -0.2) is 0 Å². The van der Waals surface area contributed by atoms with Crippen LogP contribution >= 0.6 is 0 Å². The fourth-order valence-corrected chi connectivity index (χ4v) is 10.4. The predicted octanol–water partition coefficient (Wildman–Crippen LogP) is 5.66. The van der Waals surface area contributed by atoms with E-state index in [1.807, 2.05) is 0 Å². The molecule has 35 heavy (non-hydrogen) atoms. The molecule has 6 rings (SSSR count). The molecule has 6 aliphatic rings. The number of fused-ring (bicyclic) bond motifs is 2. The molecule has 2 heterocycles. The van der Waals surface area contributed by atoms with E-state index in [0.717, 1.165) is 42.9 Å². The number of esters is 1. The number of aliphatic hydroxyl groups is 1. The summed E-state index contributed by atoms with van der Waals surface area (Å²) in [7, 11) is 0. The van der Waals surface area contributed by atoms with Gasteiger partial charge in [0.25, 0.3) is 0 Å². The van der Waals surface area contributed by atoms with E-state index in [4.69, 9.17) is 14.2 Å². The van der Waals surface area contributed by atoms with Gasteiger partial charge in [0.2, 0.25) is 0 Å². The molecule has 5 heteroatoms. The maximum atomic E-state index is 12.1. The van der Waals surface area contributed by atoms with E-state index in [9.17, 15) is 9.90 Å². The minimum Gasteiger partial charge on any atom is -0.462 e. The number of carbonyl (C=O) groups excluding carboxylic acids is 1. The van der Waals surface area contributed by atoms with E-state index in [1.54, 1.807) is 0 Å². The van der Waals surface area contributed by atoms with Gasteiger partial charge in [-0.05, 0) is 67.1 Å². The van der Waals surface area contributed by atoms with Crippen molar-refractivity contribution in [3.63, 3.8) is 0 Å². The van der Waals surface area contributed by atoms with Crippen molar-refractivity contribution in [2.75, 3.05) is 0 Å². The SMILES string of the molecule is CC(=O)O[C@H]1CC[C@@]2(C)[C@](O)(C1)C[C@H]1O[C@]13[C@H]1CC[C@@H]([C@H](C)CC[C@H](C)C(C)C)[C@]1(C)C[C@@H]1O[C@@]132. The van der Waals surface area contributed by atoms with Crippen LogP contribution in [0.4, 0.5) is 0 Å². The fraction of sp³-hybridized carbons (Fsp3) is 0.967. The predicted molar refractivity (Wildman–Crippen MR) is 134 cm³/mol. The van der Waals surface area contributed by atoms with Gasteiger partial charge in [-0.3, -0.25) is 4.79 Å². The minimum atomic E-state index is -0.906. The number of rotatable bonds is 6. The van der Waals surface area contributed by atoms with Crippen molar-refractivity contribution in [1.29, 1.82) is 0 Å². The molecular weight excluding hydrogens is 440 g/mol. The van der Waals surface area contributed by atoms with E-state index in [2.05, 4.69) is 41.5 Å². The first-order valence-electron chi connectivity index (χ1n) is 14.6. The summed E-state index contributed by atoms with van der Waals surface area (Å²) in [5.74, 6) is 3.24. The summed E-state index contributed by atoms with van der Waals surface area (Å²) in [6.45, 7) is 15.9. The third-order valence-electron chi connectivity index (χ3n) is 12.8. The highest BCUT2D eigenvalue weighted by Crippen LogP contribution is 2.84. The molecule has 0 unspecified atom stereocenters. The van der Waals surface area contributed by atoms with Crippen LogP contribution in [0.3, 0.4) is 0 Å². The van der Waals surface area contributed by atoms with Crippen LogP contribution in [0.2, 0.25) is 0 Å². The molecule has 6 fully saturated rings. The van der Waals surface area contributed by atoms with Crippen LogP contribution in [0.1, 0.15) is 106 Å². The summed E-state index contributed by atoms with van der Waals surface area (Å²) < 4.78 is 19.2. The maximum absolute atomic E-state index is 12.1. The Morgan fingerprint density at radius 3 is 2.43 bits per heavy atom. The van der Waals surface area contributed by atoms with E-state index in [-0.39, 0.29) is 46.3 Å². The highest BCUT2D eigenvalue weighted by atomic mass is 16.7. The molecule has 0 aromatic heterocycles. The Kier molecular flexibility index (Phi) is 5.27. The lowest BCUT2D eigenvalue weighted by atomic mass is 9.42. The van der Waals surface area contributed by atoms with Gasteiger partial charge in [0.05, 0.1) is 17.8 Å². The molecule has 2 aliphatic heterocycles. The number of ether oxygens (including phenoxy) is 3. The second kappa shape index (κ2) is 7.47. The van der Waals surface area contributed by atoms with Crippen LogP contribution in [0.25, 0.3) is 0 Å². The monoisotopic (exact) mass is 488 g/mol. The van der Waals surface area contributed by atoms with E-state index >= 15 is 0 Å². The van der Waals surface area contributed by atoms with Gasteiger partial charge in [-0.1, -0.05) is 54.4 Å². The number of hydrogen-bond acceptors (Lipinski definition) is 5. The highest BCUT2D eigenvalue weighted by Gasteiger charge is 2.96. The van der Waals surface area contributed by atoms with Crippen LogP contribution in [0, 0.1) is 40.4 Å². The molecular formula is C30H48O5. The first-order valence-corrected chi connectivity index (χ1v) is 14.6. The summed E-state index contributed by atoms with van der Waals surface area (Å²) in [6.07, 6.45) is 9.09. The zero-order valence-corrected chi connectivity index (χ0v) is 23.1. The summed E-state index contributed by atoms with van der Waals surface area (Å²) in [6, 6.07) is 0. The lowest BCUT2D eigenvalue weighted by Gasteiger charge is -2.60. The molecule has 4 saturated carbocycles. The van der Waals surface area contributed by atoms with Gasteiger partial charge < -0.3 is 19.3 Å². The molecule has 5 nitrogen and oxygen atoms in total. The molecule has 12 atom stereocenters. The Morgan fingerprint density at radius 2 is 1.74 bits per heavy atom. The first kappa shape index (κ1) is 24.7. The van der Waals surface area contributed by atoms with E-state index in [0.29, 0.717) is 18.8 Å². The smallest absolute Gasteiger partial charge is 0.302 e. The van der Waals surface area contributed by atoms with Crippen LogP contribution in [0.5, 0.6) is 0 Å². The third kappa shape index (κ3) is 2.95. The zero-order valence-electron chi connectivity index (χ0n) is 23.1. The van der Waals surface area contributed by atoms with Crippen molar-refractivity contribution in [2.24, 2.45) is 40.4 Å². The number of hydrogen-bond donors (Lipinski definition) is 1. The summed E-state index contributed by atoms with van der Waals surface area (Å²) in [5, 5.41) is 12.1. The van der Waals surface area contributed by atoms with Crippen LogP contribution in [-0.4, -0.2) is 46.2 Å². The first-order chi connectivity index (χ1) is 16.3. The normalized spacial score (nSPS) is 55.1. The molecule has 1 N–H and O–H groups in total. The van der Waals surface area contributed by atoms with Crippen molar-refractivity contribution in [3.8, 4) is 0 Å². The van der Waals surface area contributed by atoms with Crippen molar-refractivity contribution in [3.05, 3.63) is 0 Å². The maximum Gasteiger partial charge on any atom is 0.302 e. The zero-order chi connectivity index (χ0) is 25.2. The van der Waals surface area contributed by atoms with Gasteiger partial charge in [-0.15, -0.1) is 0 Å². The Balaban J connectivity index is 1.26. The minimum absolute atomic E-state index is 0.0706. The molecule has 2 spiro atoms. The van der Waals surface area contributed by atoms with Crippen molar-refractivity contribution in [2.45, 2.75) is 141 Å². The van der Waals surface area contributed by atoms with E-state index in [1.165, 1.54) is 32.6 Å². The second-order valence-electron chi connectivity index (χ2n) is 14.5. The lowest BCUT2D eigenvalue weighted by molar-refractivity contribution is -0.209. The standard InChI is InChI=1S/C30H48O5/c1-17(2)18(3)8-9-19(4)22-10-11-23-26(22,6)15-25-30(35-25)27(7)13-12-21(33-20(5)31)14-28(27,32)16-24-29(23,30)34-24/h17-19,21-25,32H,8-16H2,1-7H3/t18-,19+,21-,22-,23-,24+,25-,26-,27-,28-,29+,30+/m0/s1. The Morgan fingerprint density at radius 1 is 1.00 bits per heavy atom. The topological polar surface area (TPSA) is 71.6 Å². The van der Waals surface area contributed by atoms with Crippen molar-refractivity contribution < 1.29 is 24.1 Å². The fourth-order valence-electron chi connectivity index (χ4n) is 10.4. The average Bonchev–Trinajstić information content (AvgIpc) is 3.63. The molecule has 0 bridgehead atoms. The quantitative estimate of drug-likeness (QED) is 0.386. The Labute approximate surface area is 212 Å². The summed E-state index contributed by atoms with van der Waals surface area (Å²) in [4.78, 5) is 11.6. The van der Waals surface area contributed by atoms with E-state index < -0.39 is 5.60 Å². The molecule has 0 aromatic rings. The Hall–Kier alpha value is -0.650. The largest absolute Gasteiger partial charge is 0.462 e. The van der Waals surface area contributed by atoms with Crippen LogP contribution in [0.15, 0.2) is 0 Å². The van der Waals surface area contributed by atoms with Crippen LogP contribution in [-0.2, 0) is 19.0 Å². The molecule has 4 aliphatic carbocycles. The average molecular weight is 489 g/mol. The molecule has 198 valence electrons. The summed E-state index contributed by atoms with van der Waals surface area (Å²) in [5.41, 5.74) is -1.60.